The van der Waals surface area contributed by atoms with Gasteiger partial charge in [-0.2, -0.15) is 0 Å². The molecule has 0 aromatic carbocycles. The van der Waals surface area contributed by atoms with Gasteiger partial charge in [-0.15, -0.1) is 0 Å². The number of carbonyl (C=O) groups is 2. The molecule has 4 nitrogen and oxygen atoms in total. The molecule has 0 radical (unpaired) electrons. The van der Waals surface area contributed by atoms with Crippen LogP contribution in [0.3, 0.4) is 0 Å². The second-order valence-corrected chi connectivity index (χ2v) is 4.58. The molecule has 0 saturated heterocycles. The molecule has 0 aromatic rings. The molecule has 1 atom stereocenters. The summed E-state index contributed by atoms with van der Waals surface area (Å²) in [4.78, 5) is 22.5. The number of carboxylic acids is 1. The van der Waals surface area contributed by atoms with E-state index in [2.05, 4.69) is 5.32 Å². The van der Waals surface area contributed by atoms with E-state index in [0.717, 1.165) is 19.3 Å². The smallest absolute Gasteiger partial charge is 0.329 e. The van der Waals surface area contributed by atoms with Gasteiger partial charge in [-0.3, -0.25) is 4.79 Å². The highest BCUT2D eigenvalue weighted by Gasteiger charge is 2.35. The first kappa shape index (κ1) is 12.0. The minimum atomic E-state index is -1.10. The van der Waals surface area contributed by atoms with Crippen molar-refractivity contribution in [3.05, 3.63) is 0 Å². The molecule has 1 saturated carbocycles. The Morgan fingerprint density at radius 2 is 2.07 bits per heavy atom. The maximum Gasteiger partial charge on any atom is 0.329 e. The Labute approximate surface area is 90.0 Å². The molecule has 0 spiro atoms. The molecule has 2 N–H and O–H groups in total. The fraction of sp³-hybridized carbons (Fsp3) is 0.818. The van der Waals surface area contributed by atoms with Crippen LogP contribution < -0.4 is 5.32 Å². The van der Waals surface area contributed by atoms with Gasteiger partial charge >= 0.3 is 5.97 Å². The first-order valence-corrected chi connectivity index (χ1v) is 5.52. The van der Waals surface area contributed by atoms with E-state index in [4.69, 9.17) is 5.11 Å². The van der Waals surface area contributed by atoms with Crippen molar-refractivity contribution in [1.82, 2.24) is 5.32 Å². The van der Waals surface area contributed by atoms with Gasteiger partial charge in [-0.05, 0) is 32.1 Å². The number of carbonyl (C=O) groups excluding carboxylic acids is 1. The summed E-state index contributed by atoms with van der Waals surface area (Å²) in [6.07, 6.45) is 3.90. The number of hydrogen-bond acceptors (Lipinski definition) is 2. The summed E-state index contributed by atoms with van der Waals surface area (Å²) in [7, 11) is 0. The Bertz CT molecular complexity index is 261. The fourth-order valence-corrected chi connectivity index (χ4v) is 1.67. The Hall–Kier alpha value is -1.06. The first-order chi connectivity index (χ1) is 6.98. The topological polar surface area (TPSA) is 66.4 Å². The third-order valence-corrected chi connectivity index (χ3v) is 2.81. The lowest BCUT2D eigenvalue weighted by atomic mass is 9.96. The van der Waals surface area contributed by atoms with E-state index in [1.54, 1.807) is 6.92 Å². The molecule has 1 amide bonds. The van der Waals surface area contributed by atoms with Gasteiger partial charge in [0, 0.05) is 6.42 Å². The SMILES string of the molecule is CCCC(C)(NC(=O)CC1CC1)C(=O)O. The van der Waals surface area contributed by atoms with Gasteiger partial charge in [-0.25, -0.2) is 4.79 Å². The van der Waals surface area contributed by atoms with Crippen LogP contribution >= 0.6 is 0 Å². The van der Waals surface area contributed by atoms with Crippen molar-refractivity contribution >= 4 is 11.9 Å². The second kappa shape index (κ2) is 4.64. The maximum absolute atomic E-state index is 11.5. The van der Waals surface area contributed by atoms with Crippen molar-refractivity contribution in [2.75, 3.05) is 0 Å². The Kier molecular flexibility index (Phi) is 3.72. The van der Waals surface area contributed by atoms with E-state index in [1.807, 2.05) is 6.92 Å². The van der Waals surface area contributed by atoms with Crippen LogP contribution in [0.2, 0.25) is 0 Å². The largest absolute Gasteiger partial charge is 0.480 e. The quantitative estimate of drug-likeness (QED) is 0.703. The van der Waals surface area contributed by atoms with Crippen LogP contribution in [0.4, 0.5) is 0 Å². The molecule has 15 heavy (non-hydrogen) atoms. The zero-order chi connectivity index (χ0) is 11.5. The van der Waals surface area contributed by atoms with Crippen molar-refractivity contribution in [1.29, 1.82) is 0 Å². The molecular weight excluding hydrogens is 194 g/mol. The van der Waals surface area contributed by atoms with E-state index >= 15 is 0 Å². The molecule has 86 valence electrons. The highest BCUT2D eigenvalue weighted by molar-refractivity contribution is 5.86. The van der Waals surface area contributed by atoms with E-state index in [-0.39, 0.29) is 5.91 Å². The summed E-state index contributed by atoms with van der Waals surface area (Å²) in [5, 5.41) is 11.7. The normalized spacial score (nSPS) is 19.3. The minimum Gasteiger partial charge on any atom is -0.480 e. The molecule has 1 fully saturated rings. The van der Waals surface area contributed by atoms with Crippen LogP contribution in [0.25, 0.3) is 0 Å². The third-order valence-electron chi connectivity index (χ3n) is 2.81. The number of aliphatic carboxylic acids is 1. The summed E-state index contributed by atoms with van der Waals surface area (Å²) in [6, 6.07) is 0. The summed E-state index contributed by atoms with van der Waals surface area (Å²) >= 11 is 0. The minimum absolute atomic E-state index is 0.129. The van der Waals surface area contributed by atoms with E-state index in [9.17, 15) is 9.59 Å². The van der Waals surface area contributed by atoms with Gasteiger partial charge < -0.3 is 10.4 Å². The fourth-order valence-electron chi connectivity index (χ4n) is 1.67. The van der Waals surface area contributed by atoms with Crippen molar-refractivity contribution in [3.8, 4) is 0 Å². The molecule has 0 bridgehead atoms. The lowest BCUT2D eigenvalue weighted by molar-refractivity contribution is -0.147. The van der Waals surface area contributed by atoms with Crippen molar-refractivity contribution < 1.29 is 14.7 Å². The van der Waals surface area contributed by atoms with E-state index in [0.29, 0.717) is 18.8 Å². The van der Waals surface area contributed by atoms with Crippen molar-refractivity contribution in [2.24, 2.45) is 5.92 Å². The van der Waals surface area contributed by atoms with Gasteiger partial charge in [0.05, 0.1) is 0 Å². The Morgan fingerprint density at radius 3 is 2.47 bits per heavy atom. The number of amides is 1. The molecule has 4 heteroatoms. The average molecular weight is 213 g/mol. The Morgan fingerprint density at radius 1 is 1.47 bits per heavy atom. The summed E-state index contributed by atoms with van der Waals surface area (Å²) in [5.41, 5.74) is -1.10. The van der Waals surface area contributed by atoms with Crippen LogP contribution in [0, 0.1) is 5.92 Å². The standard InChI is InChI=1S/C11H19NO3/c1-3-6-11(2,10(14)15)12-9(13)7-8-4-5-8/h8H,3-7H2,1-2H3,(H,12,13)(H,14,15). The molecule has 1 aliphatic carbocycles. The molecule has 0 aromatic heterocycles. The van der Waals surface area contributed by atoms with Gasteiger partial charge in [0.25, 0.3) is 0 Å². The summed E-state index contributed by atoms with van der Waals surface area (Å²) in [5.74, 6) is -0.589. The third kappa shape index (κ3) is 3.53. The van der Waals surface area contributed by atoms with Crippen LogP contribution in [0.15, 0.2) is 0 Å². The van der Waals surface area contributed by atoms with Crippen LogP contribution in [-0.4, -0.2) is 22.5 Å². The number of hydrogen-bond donors (Lipinski definition) is 2. The second-order valence-electron chi connectivity index (χ2n) is 4.58. The molecule has 0 heterocycles. The number of rotatable bonds is 6. The van der Waals surface area contributed by atoms with Crippen LogP contribution in [0.5, 0.6) is 0 Å². The van der Waals surface area contributed by atoms with E-state index in [1.165, 1.54) is 0 Å². The van der Waals surface area contributed by atoms with Crippen LogP contribution in [-0.2, 0) is 9.59 Å². The van der Waals surface area contributed by atoms with Crippen molar-refractivity contribution in [3.63, 3.8) is 0 Å². The summed E-state index contributed by atoms with van der Waals surface area (Å²) in [6.45, 7) is 3.48. The predicted octanol–water partition coefficient (Wildman–Crippen LogP) is 1.55. The highest BCUT2D eigenvalue weighted by atomic mass is 16.4. The summed E-state index contributed by atoms with van der Waals surface area (Å²) < 4.78 is 0. The number of nitrogens with one attached hydrogen (secondary N) is 1. The van der Waals surface area contributed by atoms with Crippen LogP contribution in [0.1, 0.15) is 46.0 Å². The van der Waals surface area contributed by atoms with Gasteiger partial charge in [0.2, 0.25) is 5.91 Å². The monoisotopic (exact) mass is 213 g/mol. The van der Waals surface area contributed by atoms with Gasteiger partial charge in [0.1, 0.15) is 5.54 Å². The highest BCUT2D eigenvalue weighted by Crippen LogP contribution is 2.32. The molecule has 1 rings (SSSR count). The zero-order valence-corrected chi connectivity index (χ0v) is 9.38. The lowest BCUT2D eigenvalue weighted by Gasteiger charge is -2.25. The van der Waals surface area contributed by atoms with E-state index < -0.39 is 11.5 Å². The number of carboxylic acid groups (broad SMARTS) is 1. The lowest BCUT2D eigenvalue weighted by Crippen LogP contribution is -2.52. The predicted molar refractivity (Wildman–Crippen MR) is 56.4 cm³/mol. The van der Waals surface area contributed by atoms with Crippen molar-refractivity contribution in [2.45, 2.75) is 51.5 Å². The molecule has 1 aliphatic rings. The zero-order valence-electron chi connectivity index (χ0n) is 9.38. The first-order valence-electron chi connectivity index (χ1n) is 5.52. The Balaban J connectivity index is 2.48. The van der Waals surface area contributed by atoms with Gasteiger partial charge in [-0.1, -0.05) is 13.3 Å². The average Bonchev–Trinajstić information content (AvgIpc) is 2.87. The van der Waals surface area contributed by atoms with Gasteiger partial charge in [0.15, 0.2) is 0 Å². The molecule has 1 unspecified atom stereocenters. The molecular formula is C11H19NO3. The molecule has 0 aliphatic heterocycles. The maximum atomic E-state index is 11.5.